The fourth-order valence-corrected chi connectivity index (χ4v) is 3.19. The van der Waals surface area contributed by atoms with Crippen LogP contribution in [0.15, 0.2) is 47.5 Å². The Kier molecular flexibility index (Phi) is 5.06. The van der Waals surface area contributed by atoms with Crippen LogP contribution in [0.1, 0.15) is 23.7 Å². The smallest absolute Gasteiger partial charge is 0.242 e. The Labute approximate surface area is 125 Å². The van der Waals surface area contributed by atoms with Gasteiger partial charge in [0.2, 0.25) is 10.0 Å². The summed E-state index contributed by atoms with van der Waals surface area (Å²) in [4.78, 5) is 4.13. The number of aromatic nitrogens is 1. The highest BCUT2D eigenvalue weighted by Crippen LogP contribution is 2.13. The molecule has 21 heavy (non-hydrogen) atoms. The van der Waals surface area contributed by atoms with E-state index in [1.54, 1.807) is 6.07 Å². The van der Waals surface area contributed by atoms with Gasteiger partial charge in [0.25, 0.3) is 0 Å². The van der Waals surface area contributed by atoms with Crippen LogP contribution in [0.2, 0.25) is 0 Å². The Morgan fingerprint density at radius 1 is 1.14 bits per heavy atom. The zero-order valence-corrected chi connectivity index (χ0v) is 12.7. The molecule has 0 aliphatic carbocycles. The fourth-order valence-electron chi connectivity index (χ4n) is 1.97. The van der Waals surface area contributed by atoms with Gasteiger partial charge >= 0.3 is 0 Å². The molecule has 5 nitrogen and oxygen atoms in total. The second-order valence-electron chi connectivity index (χ2n) is 4.65. The minimum atomic E-state index is -3.61. The van der Waals surface area contributed by atoms with Gasteiger partial charge in [-0.3, -0.25) is 4.98 Å². The lowest BCUT2D eigenvalue weighted by Gasteiger charge is -2.10. The number of nitrogens with zero attached hydrogens (tertiary/aromatic N) is 1. The first-order valence-corrected chi connectivity index (χ1v) is 8.26. The maximum absolute atomic E-state index is 12.3. The molecule has 2 rings (SSSR count). The third-order valence-electron chi connectivity index (χ3n) is 3.23. The van der Waals surface area contributed by atoms with Gasteiger partial charge in [0, 0.05) is 19.3 Å². The number of hydrogen-bond acceptors (Lipinski definition) is 4. The number of aryl methyl sites for hydroxylation is 1. The topological polar surface area (TPSA) is 85.1 Å². The van der Waals surface area contributed by atoms with Gasteiger partial charge in [0.1, 0.15) is 4.90 Å². The molecule has 0 aliphatic rings. The second-order valence-corrected chi connectivity index (χ2v) is 6.38. The standard InChI is InChI=1S/C15H19N3O2S/c1-2-12-5-7-13(8-6-12)11-18-21(19,20)15-4-3-9-17-14(15)10-16/h3-9,18H,2,10-11,16H2,1H3. The molecular formula is C15H19N3O2S. The van der Waals surface area contributed by atoms with E-state index in [1.807, 2.05) is 24.3 Å². The fraction of sp³-hybridized carbons (Fsp3) is 0.267. The summed E-state index contributed by atoms with van der Waals surface area (Å²) in [5.41, 5.74) is 8.03. The average Bonchev–Trinajstić information content (AvgIpc) is 2.53. The molecule has 3 N–H and O–H groups in total. The van der Waals surface area contributed by atoms with Crippen molar-refractivity contribution in [3.63, 3.8) is 0 Å². The van der Waals surface area contributed by atoms with E-state index in [0.29, 0.717) is 5.69 Å². The van der Waals surface area contributed by atoms with Gasteiger partial charge in [-0.15, -0.1) is 0 Å². The van der Waals surface area contributed by atoms with Crippen LogP contribution in [0.3, 0.4) is 0 Å². The largest absolute Gasteiger partial charge is 0.325 e. The van der Waals surface area contributed by atoms with Crippen molar-refractivity contribution in [1.82, 2.24) is 9.71 Å². The summed E-state index contributed by atoms with van der Waals surface area (Å²) in [5.74, 6) is 0. The van der Waals surface area contributed by atoms with E-state index < -0.39 is 10.0 Å². The van der Waals surface area contributed by atoms with Crippen LogP contribution in [0.25, 0.3) is 0 Å². The highest BCUT2D eigenvalue weighted by Gasteiger charge is 2.17. The molecule has 0 atom stereocenters. The van der Waals surface area contributed by atoms with E-state index >= 15 is 0 Å². The molecule has 0 spiro atoms. The Hall–Kier alpha value is -1.76. The Balaban J connectivity index is 2.13. The van der Waals surface area contributed by atoms with E-state index in [0.717, 1.165) is 12.0 Å². The number of hydrogen-bond donors (Lipinski definition) is 2. The van der Waals surface area contributed by atoms with Crippen LogP contribution in [-0.4, -0.2) is 13.4 Å². The van der Waals surface area contributed by atoms with E-state index in [9.17, 15) is 8.42 Å². The quantitative estimate of drug-likeness (QED) is 0.848. The van der Waals surface area contributed by atoms with E-state index in [-0.39, 0.29) is 18.0 Å². The number of benzene rings is 1. The minimum absolute atomic E-state index is 0.0856. The van der Waals surface area contributed by atoms with Crippen molar-refractivity contribution < 1.29 is 8.42 Å². The number of pyridine rings is 1. The SMILES string of the molecule is CCc1ccc(CNS(=O)(=O)c2cccnc2CN)cc1. The molecule has 2 aromatic rings. The zero-order valence-electron chi connectivity index (χ0n) is 11.9. The molecule has 112 valence electrons. The minimum Gasteiger partial charge on any atom is -0.325 e. The third kappa shape index (κ3) is 3.87. The summed E-state index contributed by atoms with van der Waals surface area (Å²) in [6.45, 7) is 2.40. The molecule has 0 amide bonds. The normalized spacial score (nSPS) is 11.5. The number of nitrogens with two attached hydrogens (primary N) is 1. The van der Waals surface area contributed by atoms with Crippen LogP contribution in [0.4, 0.5) is 0 Å². The lowest BCUT2D eigenvalue weighted by Crippen LogP contribution is -2.25. The summed E-state index contributed by atoms with van der Waals surface area (Å²) < 4.78 is 27.2. The highest BCUT2D eigenvalue weighted by molar-refractivity contribution is 7.89. The van der Waals surface area contributed by atoms with Gasteiger partial charge in [0.15, 0.2) is 0 Å². The predicted molar refractivity (Wildman–Crippen MR) is 82.0 cm³/mol. The lowest BCUT2D eigenvalue weighted by atomic mass is 10.1. The van der Waals surface area contributed by atoms with Crippen LogP contribution in [0, 0.1) is 0 Å². The first-order valence-electron chi connectivity index (χ1n) is 6.78. The van der Waals surface area contributed by atoms with E-state index in [2.05, 4.69) is 16.6 Å². The molecule has 0 saturated heterocycles. The summed E-state index contributed by atoms with van der Waals surface area (Å²) in [6, 6.07) is 10.9. The highest BCUT2D eigenvalue weighted by atomic mass is 32.2. The van der Waals surface area contributed by atoms with Crippen LogP contribution in [-0.2, 0) is 29.5 Å². The van der Waals surface area contributed by atoms with Gasteiger partial charge in [-0.1, -0.05) is 31.2 Å². The predicted octanol–water partition coefficient (Wildman–Crippen LogP) is 1.58. The molecule has 1 heterocycles. The Bertz CT molecular complexity index is 697. The van der Waals surface area contributed by atoms with Gasteiger partial charge in [-0.05, 0) is 29.7 Å². The number of rotatable bonds is 6. The van der Waals surface area contributed by atoms with Gasteiger partial charge in [-0.25, -0.2) is 13.1 Å². The maximum atomic E-state index is 12.3. The van der Waals surface area contributed by atoms with Crippen LogP contribution >= 0.6 is 0 Å². The number of nitrogens with one attached hydrogen (secondary N) is 1. The summed E-state index contributed by atoms with van der Waals surface area (Å²) in [7, 11) is -3.61. The number of sulfonamides is 1. The van der Waals surface area contributed by atoms with Gasteiger partial charge in [0.05, 0.1) is 5.69 Å². The Morgan fingerprint density at radius 2 is 1.81 bits per heavy atom. The monoisotopic (exact) mass is 305 g/mol. The molecule has 0 saturated carbocycles. The summed E-state index contributed by atoms with van der Waals surface area (Å²) >= 11 is 0. The molecule has 1 aromatic carbocycles. The molecule has 6 heteroatoms. The molecule has 1 aromatic heterocycles. The lowest BCUT2D eigenvalue weighted by molar-refractivity contribution is 0.579. The summed E-state index contributed by atoms with van der Waals surface area (Å²) in [6.07, 6.45) is 2.49. The first kappa shape index (κ1) is 15.6. The van der Waals surface area contributed by atoms with Gasteiger partial charge in [-0.2, -0.15) is 0 Å². The maximum Gasteiger partial charge on any atom is 0.242 e. The zero-order chi connectivity index (χ0) is 15.3. The van der Waals surface area contributed by atoms with Crippen molar-refractivity contribution in [3.8, 4) is 0 Å². The first-order chi connectivity index (χ1) is 10.1. The van der Waals surface area contributed by atoms with Gasteiger partial charge < -0.3 is 5.73 Å². The van der Waals surface area contributed by atoms with Crippen LogP contribution < -0.4 is 10.5 Å². The van der Waals surface area contributed by atoms with E-state index in [4.69, 9.17) is 5.73 Å². The van der Waals surface area contributed by atoms with Crippen LogP contribution in [0.5, 0.6) is 0 Å². The Morgan fingerprint density at radius 3 is 2.43 bits per heavy atom. The van der Waals surface area contributed by atoms with Crippen molar-refractivity contribution in [3.05, 3.63) is 59.4 Å². The molecule has 0 aliphatic heterocycles. The second kappa shape index (κ2) is 6.80. The molecular weight excluding hydrogens is 286 g/mol. The molecule has 0 fully saturated rings. The average molecular weight is 305 g/mol. The summed E-state index contributed by atoms with van der Waals surface area (Å²) in [5, 5.41) is 0. The third-order valence-corrected chi connectivity index (χ3v) is 4.70. The van der Waals surface area contributed by atoms with Crippen molar-refractivity contribution >= 4 is 10.0 Å². The van der Waals surface area contributed by atoms with Crippen molar-refractivity contribution in [2.75, 3.05) is 0 Å². The van der Waals surface area contributed by atoms with E-state index in [1.165, 1.54) is 17.8 Å². The molecule has 0 radical (unpaired) electrons. The van der Waals surface area contributed by atoms with Crippen molar-refractivity contribution in [2.24, 2.45) is 5.73 Å². The van der Waals surface area contributed by atoms with Crippen molar-refractivity contribution in [2.45, 2.75) is 31.3 Å². The molecule has 0 unspecified atom stereocenters. The van der Waals surface area contributed by atoms with Crippen molar-refractivity contribution in [1.29, 1.82) is 0 Å². The molecule has 0 bridgehead atoms.